The van der Waals surface area contributed by atoms with Gasteiger partial charge in [0.05, 0.1) is 0 Å². The molecule has 0 unspecified atom stereocenters. The largest absolute Gasteiger partial charge is 0.349 e. The summed E-state index contributed by atoms with van der Waals surface area (Å²) in [6.45, 7) is 4.98. The third kappa shape index (κ3) is 3.57. The fourth-order valence-corrected chi connectivity index (χ4v) is 2.51. The Hall–Kier alpha value is -1.36. The molecule has 0 aromatic carbocycles. The van der Waals surface area contributed by atoms with E-state index in [1.807, 2.05) is 6.92 Å². The van der Waals surface area contributed by atoms with E-state index in [1.165, 1.54) is 19.4 Å². The van der Waals surface area contributed by atoms with E-state index >= 15 is 0 Å². The first-order chi connectivity index (χ1) is 8.65. The molecule has 2 rings (SSSR count). The van der Waals surface area contributed by atoms with Gasteiger partial charge in [0, 0.05) is 25.0 Å². The van der Waals surface area contributed by atoms with Crippen molar-refractivity contribution in [3.63, 3.8) is 0 Å². The molecule has 18 heavy (non-hydrogen) atoms. The highest BCUT2D eigenvalue weighted by atomic mass is 16.2. The summed E-state index contributed by atoms with van der Waals surface area (Å²) >= 11 is 0. The standard InChI is InChI=1S/C13H22N4O/c1-10-8-15-12(16-10)13(18)14-6-5-11-4-3-7-17(2)9-11/h8,11H,3-7,9H2,1-2H3,(H,14,18)(H,15,16)/t11-/m0/s1. The quantitative estimate of drug-likeness (QED) is 0.843. The Morgan fingerprint density at radius 2 is 2.50 bits per heavy atom. The lowest BCUT2D eigenvalue weighted by Crippen LogP contribution is -2.34. The molecule has 0 spiro atoms. The molecular formula is C13H22N4O. The van der Waals surface area contributed by atoms with Crippen LogP contribution in [0.15, 0.2) is 6.20 Å². The van der Waals surface area contributed by atoms with E-state index in [-0.39, 0.29) is 5.91 Å². The van der Waals surface area contributed by atoms with Gasteiger partial charge in [0.1, 0.15) is 0 Å². The van der Waals surface area contributed by atoms with E-state index in [2.05, 4.69) is 27.2 Å². The van der Waals surface area contributed by atoms with Gasteiger partial charge in [0.25, 0.3) is 5.91 Å². The molecule has 0 bridgehead atoms. The number of nitrogens with one attached hydrogen (secondary N) is 2. The lowest BCUT2D eigenvalue weighted by molar-refractivity contribution is 0.0939. The van der Waals surface area contributed by atoms with Gasteiger partial charge in [-0.3, -0.25) is 4.79 Å². The van der Waals surface area contributed by atoms with Gasteiger partial charge in [-0.2, -0.15) is 0 Å². The van der Waals surface area contributed by atoms with Crippen molar-refractivity contribution in [2.24, 2.45) is 5.92 Å². The zero-order valence-electron chi connectivity index (χ0n) is 11.2. The maximum absolute atomic E-state index is 11.7. The Kier molecular flexibility index (Phi) is 4.36. The molecule has 5 nitrogen and oxygen atoms in total. The number of rotatable bonds is 4. The van der Waals surface area contributed by atoms with E-state index in [1.54, 1.807) is 6.20 Å². The van der Waals surface area contributed by atoms with Crippen molar-refractivity contribution in [2.45, 2.75) is 26.2 Å². The van der Waals surface area contributed by atoms with Crippen LogP contribution < -0.4 is 5.32 Å². The molecule has 2 heterocycles. The van der Waals surface area contributed by atoms with Crippen molar-refractivity contribution in [1.82, 2.24) is 20.2 Å². The number of H-pyrrole nitrogens is 1. The van der Waals surface area contributed by atoms with Crippen molar-refractivity contribution in [2.75, 3.05) is 26.7 Å². The maximum Gasteiger partial charge on any atom is 0.287 e. The molecule has 1 amide bonds. The third-order valence-corrected chi connectivity index (χ3v) is 3.48. The molecule has 0 aliphatic carbocycles. The van der Waals surface area contributed by atoms with Crippen LogP contribution in [0.1, 0.15) is 35.6 Å². The van der Waals surface area contributed by atoms with Gasteiger partial charge in [0.15, 0.2) is 5.82 Å². The summed E-state index contributed by atoms with van der Waals surface area (Å²) in [4.78, 5) is 21.1. The Balaban J connectivity index is 1.70. The number of aromatic nitrogens is 2. The van der Waals surface area contributed by atoms with Crippen molar-refractivity contribution in [3.8, 4) is 0 Å². The van der Waals surface area contributed by atoms with Crippen molar-refractivity contribution in [1.29, 1.82) is 0 Å². The molecule has 100 valence electrons. The van der Waals surface area contributed by atoms with Crippen LogP contribution in [0, 0.1) is 12.8 Å². The molecule has 2 N–H and O–H groups in total. The summed E-state index contributed by atoms with van der Waals surface area (Å²) in [7, 11) is 2.16. The first-order valence-corrected chi connectivity index (χ1v) is 6.63. The smallest absolute Gasteiger partial charge is 0.287 e. The normalized spacial score (nSPS) is 20.9. The van der Waals surface area contributed by atoms with Crippen molar-refractivity contribution < 1.29 is 4.79 Å². The van der Waals surface area contributed by atoms with Gasteiger partial charge in [-0.15, -0.1) is 0 Å². The summed E-state index contributed by atoms with van der Waals surface area (Å²) in [6.07, 6.45) is 5.27. The number of hydrogen-bond donors (Lipinski definition) is 2. The molecule has 1 fully saturated rings. The van der Waals surface area contributed by atoms with Crippen LogP contribution >= 0.6 is 0 Å². The minimum Gasteiger partial charge on any atom is -0.349 e. The first kappa shape index (κ1) is 13.1. The van der Waals surface area contributed by atoms with E-state index in [0.717, 1.165) is 25.2 Å². The van der Waals surface area contributed by atoms with E-state index < -0.39 is 0 Å². The Bertz CT molecular complexity index is 401. The van der Waals surface area contributed by atoms with E-state index in [4.69, 9.17) is 0 Å². The van der Waals surface area contributed by atoms with E-state index in [9.17, 15) is 4.79 Å². The molecule has 5 heteroatoms. The van der Waals surface area contributed by atoms with Crippen LogP contribution in [0.4, 0.5) is 0 Å². The molecule has 1 saturated heterocycles. The van der Waals surface area contributed by atoms with Crippen molar-refractivity contribution in [3.05, 3.63) is 17.7 Å². The summed E-state index contributed by atoms with van der Waals surface area (Å²) in [6, 6.07) is 0. The lowest BCUT2D eigenvalue weighted by atomic mass is 9.95. The monoisotopic (exact) mass is 250 g/mol. The topological polar surface area (TPSA) is 61.0 Å². The number of aryl methyl sites for hydroxylation is 1. The van der Waals surface area contributed by atoms with Crippen LogP contribution in [0.5, 0.6) is 0 Å². The zero-order chi connectivity index (χ0) is 13.0. The number of imidazole rings is 1. The van der Waals surface area contributed by atoms with Crippen LogP contribution in [-0.4, -0.2) is 47.5 Å². The summed E-state index contributed by atoms with van der Waals surface area (Å²) in [5.74, 6) is 1.02. The maximum atomic E-state index is 11.7. The summed E-state index contributed by atoms with van der Waals surface area (Å²) in [5.41, 5.74) is 0.911. The second kappa shape index (κ2) is 6.00. The molecular weight excluding hydrogens is 228 g/mol. The van der Waals surface area contributed by atoms with Gasteiger partial charge in [0.2, 0.25) is 0 Å². The third-order valence-electron chi connectivity index (χ3n) is 3.48. The van der Waals surface area contributed by atoms with E-state index in [0.29, 0.717) is 11.7 Å². The number of nitrogens with zero attached hydrogens (tertiary/aromatic N) is 2. The molecule has 0 saturated carbocycles. The minimum absolute atomic E-state index is 0.104. The highest BCUT2D eigenvalue weighted by Crippen LogP contribution is 2.17. The Morgan fingerprint density at radius 3 is 3.17 bits per heavy atom. The molecule has 1 atom stereocenters. The zero-order valence-corrected chi connectivity index (χ0v) is 11.2. The molecule has 1 aliphatic heterocycles. The molecule has 0 radical (unpaired) electrons. The predicted octanol–water partition coefficient (Wildman–Crippen LogP) is 1.18. The van der Waals surface area contributed by atoms with Crippen LogP contribution in [0.25, 0.3) is 0 Å². The molecule has 1 aliphatic rings. The van der Waals surface area contributed by atoms with Crippen LogP contribution in [-0.2, 0) is 0 Å². The average molecular weight is 250 g/mol. The Labute approximate surface area is 108 Å². The second-order valence-corrected chi connectivity index (χ2v) is 5.23. The number of carbonyl (C=O) groups is 1. The van der Waals surface area contributed by atoms with Gasteiger partial charge < -0.3 is 15.2 Å². The fourth-order valence-electron chi connectivity index (χ4n) is 2.51. The van der Waals surface area contributed by atoms with Gasteiger partial charge in [-0.25, -0.2) is 4.98 Å². The van der Waals surface area contributed by atoms with Crippen LogP contribution in [0.3, 0.4) is 0 Å². The van der Waals surface area contributed by atoms with Crippen LogP contribution in [0.2, 0.25) is 0 Å². The van der Waals surface area contributed by atoms with Crippen molar-refractivity contribution >= 4 is 5.91 Å². The number of aromatic amines is 1. The average Bonchev–Trinajstić information content (AvgIpc) is 2.76. The van der Waals surface area contributed by atoms with Gasteiger partial charge in [-0.1, -0.05) is 0 Å². The number of carbonyl (C=O) groups excluding carboxylic acids is 1. The highest BCUT2D eigenvalue weighted by Gasteiger charge is 2.17. The predicted molar refractivity (Wildman–Crippen MR) is 70.5 cm³/mol. The number of hydrogen-bond acceptors (Lipinski definition) is 3. The lowest BCUT2D eigenvalue weighted by Gasteiger charge is -2.29. The first-order valence-electron chi connectivity index (χ1n) is 6.63. The second-order valence-electron chi connectivity index (χ2n) is 5.23. The molecule has 1 aromatic heterocycles. The number of piperidine rings is 1. The number of amides is 1. The fraction of sp³-hybridized carbons (Fsp3) is 0.692. The highest BCUT2D eigenvalue weighted by molar-refractivity contribution is 5.90. The summed E-state index contributed by atoms with van der Waals surface area (Å²) < 4.78 is 0. The van der Waals surface area contributed by atoms with Gasteiger partial charge in [-0.05, 0) is 45.7 Å². The SMILES string of the molecule is Cc1cnc(C(=O)NCC[C@@H]2CCCN(C)C2)[nH]1. The minimum atomic E-state index is -0.104. The summed E-state index contributed by atoms with van der Waals surface area (Å²) in [5, 5.41) is 2.92. The number of likely N-dealkylation sites (tertiary alicyclic amines) is 1. The van der Waals surface area contributed by atoms with Gasteiger partial charge >= 0.3 is 0 Å². The molecule has 1 aromatic rings. The Morgan fingerprint density at radius 1 is 1.67 bits per heavy atom.